The molecule has 0 aromatic heterocycles. The molecule has 0 heterocycles. The minimum atomic E-state index is -0.780. The molecular weight excluding hydrogens is 901 g/mol. The van der Waals surface area contributed by atoms with Crippen LogP contribution in [0.1, 0.15) is 303 Å². The van der Waals surface area contributed by atoms with Gasteiger partial charge in [-0.3, -0.25) is 14.4 Å². The van der Waals surface area contributed by atoms with Gasteiger partial charge in [0.15, 0.2) is 6.10 Å². The van der Waals surface area contributed by atoms with E-state index in [0.29, 0.717) is 19.3 Å². The first kappa shape index (κ1) is 69.6. The Balaban J connectivity index is 4.30. The molecule has 0 aliphatic rings. The molecule has 0 bridgehead atoms. The molecule has 0 aromatic rings. The Morgan fingerprint density at radius 1 is 0.288 bits per heavy atom. The third-order valence-electron chi connectivity index (χ3n) is 13.4. The van der Waals surface area contributed by atoms with E-state index in [1.165, 1.54) is 161 Å². The lowest BCUT2D eigenvalue weighted by Gasteiger charge is -2.18. The van der Waals surface area contributed by atoms with Gasteiger partial charge in [0, 0.05) is 19.3 Å². The molecule has 0 saturated heterocycles. The van der Waals surface area contributed by atoms with Crippen LogP contribution >= 0.6 is 0 Å². The van der Waals surface area contributed by atoms with Crippen molar-refractivity contribution in [1.29, 1.82) is 0 Å². The molecule has 0 spiro atoms. The lowest BCUT2D eigenvalue weighted by Crippen LogP contribution is -2.30. The number of ether oxygens (including phenoxy) is 3. The molecule has 6 nitrogen and oxygen atoms in total. The van der Waals surface area contributed by atoms with Gasteiger partial charge in [0.25, 0.3) is 0 Å². The molecule has 1 atom stereocenters. The topological polar surface area (TPSA) is 78.9 Å². The number of hydrogen-bond acceptors (Lipinski definition) is 6. The number of allylic oxidation sites excluding steroid dienone is 14. The van der Waals surface area contributed by atoms with Gasteiger partial charge >= 0.3 is 17.9 Å². The number of carbonyl (C=O) groups excluding carboxylic acids is 3. The van der Waals surface area contributed by atoms with Crippen LogP contribution in [0.4, 0.5) is 0 Å². The van der Waals surface area contributed by atoms with E-state index in [-0.39, 0.29) is 31.1 Å². The van der Waals surface area contributed by atoms with Crippen molar-refractivity contribution in [2.24, 2.45) is 0 Å². The monoisotopic (exact) mass is 1020 g/mol. The summed E-state index contributed by atoms with van der Waals surface area (Å²) in [7, 11) is 0. The number of unbranched alkanes of at least 4 members (excludes halogenated alkanes) is 31. The molecular formula is C67H116O6. The fraction of sp³-hybridized carbons (Fsp3) is 0.746. The predicted molar refractivity (Wildman–Crippen MR) is 316 cm³/mol. The molecule has 0 aliphatic carbocycles. The minimum Gasteiger partial charge on any atom is -0.462 e. The van der Waals surface area contributed by atoms with E-state index in [2.05, 4.69) is 106 Å². The molecule has 0 amide bonds. The van der Waals surface area contributed by atoms with Crippen molar-refractivity contribution >= 4 is 17.9 Å². The van der Waals surface area contributed by atoms with E-state index in [1.807, 2.05) is 0 Å². The van der Waals surface area contributed by atoms with Crippen LogP contribution < -0.4 is 0 Å². The molecule has 0 saturated carbocycles. The summed E-state index contributed by atoms with van der Waals surface area (Å²) in [6, 6.07) is 0. The number of hydrogen-bond donors (Lipinski definition) is 0. The highest BCUT2D eigenvalue weighted by molar-refractivity contribution is 5.71. The smallest absolute Gasteiger partial charge is 0.306 e. The van der Waals surface area contributed by atoms with Gasteiger partial charge in [-0.05, 0) is 96.3 Å². The zero-order chi connectivity index (χ0) is 52.9. The van der Waals surface area contributed by atoms with Gasteiger partial charge in [0.05, 0.1) is 0 Å². The van der Waals surface area contributed by atoms with Gasteiger partial charge in [-0.1, -0.05) is 273 Å². The summed E-state index contributed by atoms with van der Waals surface area (Å²) in [6.07, 6.45) is 80.1. The van der Waals surface area contributed by atoms with E-state index in [0.717, 1.165) is 103 Å². The van der Waals surface area contributed by atoms with Crippen LogP contribution in [0.5, 0.6) is 0 Å². The predicted octanol–water partition coefficient (Wildman–Crippen LogP) is 21.1. The first-order valence-corrected chi connectivity index (χ1v) is 31.1. The normalized spacial score (nSPS) is 12.6. The van der Waals surface area contributed by atoms with Crippen molar-refractivity contribution in [3.8, 4) is 0 Å². The summed E-state index contributed by atoms with van der Waals surface area (Å²) in [5, 5.41) is 0. The van der Waals surface area contributed by atoms with E-state index < -0.39 is 6.10 Å². The molecule has 0 aromatic carbocycles. The summed E-state index contributed by atoms with van der Waals surface area (Å²) in [5.41, 5.74) is 0. The highest BCUT2D eigenvalue weighted by Crippen LogP contribution is 2.16. The molecule has 0 fully saturated rings. The fourth-order valence-electron chi connectivity index (χ4n) is 8.74. The van der Waals surface area contributed by atoms with Crippen LogP contribution in [0.25, 0.3) is 0 Å². The average Bonchev–Trinajstić information content (AvgIpc) is 3.39. The largest absolute Gasteiger partial charge is 0.462 e. The van der Waals surface area contributed by atoms with Crippen molar-refractivity contribution in [2.45, 2.75) is 309 Å². The molecule has 0 radical (unpaired) electrons. The molecule has 6 heteroatoms. The lowest BCUT2D eigenvalue weighted by atomic mass is 10.1. The average molecular weight is 1020 g/mol. The Labute approximate surface area is 452 Å². The van der Waals surface area contributed by atoms with Crippen LogP contribution in [0.2, 0.25) is 0 Å². The van der Waals surface area contributed by atoms with E-state index in [1.54, 1.807) is 0 Å². The zero-order valence-corrected chi connectivity index (χ0v) is 48.1. The van der Waals surface area contributed by atoms with Crippen molar-refractivity contribution < 1.29 is 28.6 Å². The van der Waals surface area contributed by atoms with Crippen molar-refractivity contribution in [1.82, 2.24) is 0 Å². The molecule has 0 rings (SSSR count). The molecule has 0 aliphatic heterocycles. The van der Waals surface area contributed by atoms with Gasteiger partial charge in [0.1, 0.15) is 13.2 Å². The Morgan fingerprint density at radius 3 is 0.863 bits per heavy atom. The summed E-state index contributed by atoms with van der Waals surface area (Å²) in [4.78, 5) is 38.2. The second-order valence-electron chi connectivity index (χ2n) is 20.6. The van der Waals surface area contributed by atoms with Gasteiger partial charge in [-0.2, -0.15) is 0 Å². The van der Waals surface area contributed by atoms with Crippen LogP contribution in [-0.4, -0.2) is 37.2 Å². The third kappa shape index (κ3) is 59.3. The Hall–Kier alpha value is -3.41. The van der Waals surface area contributed by atoms with Gasteiger partial charge in [0.2, 0.25) is 0 Å². The van der Waals surface area contributed by atoms with Gasteiger partial charge in [-0.25, -0.2) is 0 Å². The second kappa shape index (κ2) is 61.1. The summed E-state index contributed by atoms with van der Waals surface area (Å²) in [6.45, 7) is 6.51. The van der Waals surface area contributed by atoms with Crippen LogP contribution in [0.3, 0.4) is 0 Å². The Kier molecular flexibility index (Phi) is 58.3. The Morgan fingerprint density at radius 2 is 0.534 bits per heavy atom. The first-order valence-electron chi connectivity index (χ1n) is 31.1. The standard InChI is InChI=1S/C67H116O6/c1-4-7-10-13-16-19-22-24-26-28-30-31-32-33-34-35-37-38-40-42-45-48-51-54-57-60-66(69)72-63-64(62-71-65(68)59-56-53-50-47-44-21-18-15-12-9-6-3)73-67(70)61-58-55-52-49-46-43-41-39-36-29-27-25-23-20-17-14-11-8-5-2/h7,10,16-17,19-20,24-27,30-31,33-34,64H,4-6,8-9,11-15,18,21-23,28-29,32,35-63H2,1-3H3/b10-7-,19-16-,20-17-,26-24-,27-25-,31-30-,34-33-. The quantitative estimate of drug-likeness (QED) is 0.0261. The maximum Gasteiger partial charge on any atom is 0.306 e. The second-order valence-corrected chi connectivity index (χ2v) is 20.6. The molecule has 420 valence electrons. The zero-order valence-electron chi connectivity index (χ0n) is 48.1. The summed E-state index contributed by atoms with van der Waals surface area (Å²) < 4.78 is 16.9. The first-order chi connectivity index (χ1) is 36.0. The SMILES string of the molecule is CC/C=C\C/C=C\C/C=C\C/C=C\C/C=C\CCCCCCCCCCCC(=O)OCC(COC(=O)CCCCCCCCCCCCC)OC(=O)CCCCCCCCCCC/C=C\C/C=C\CCCCC. The third-order valence-corrected chi connectivity index (χ3v) is 13.4. The van der Waals surface area contributed by atoms with Crippen molar-refractivity contribution in [3.63, 3.8) is 0 Å². The van der Waals surface area contributed by atoms with Crippen molar-refractivity contribution in [3.05, 3.63) is 85.1 Å². The van der Waals surface area contributed by atoms with Crippen molar-refractivity contribution in [2.75, 3.05) is 13.2 Å². The van der Waals surface area contributed by atoms with E-state index in [9.17, 15) is 14.4 Å². The number of esters is 3. The van der Waals surface area contributed by atoms with Crippen LogP contribution in [0.15, 0.2) is 85.1 Å². The number of carbonyl (C=O) groups is 3. The van der Waals surface area contributed by atoms with Gasteiger partial charge < -0.3 is 14.2 Å². The maximum atomic E-state index is 12.9. The maximum absolute atomic E-state index is 12.9. The number of rotatable bonds is 56. The highest BCUT2D eigenvalue weighted by atomic mass is 16.6. The molecule has 73 heavy (non-hydrogen) atoms. The van der Waals surface area contributed by atoms with E-state index in [4.69, 9.17) is 14.2 Å². The molecule has 1 unspecified atom stereocenters. The van der Waals surface area contributed by atoms with Crippen LogP contribution in [-0.2, 0) is 28.6 Å². The van der Waals surface area contributed by atoms with Crippen LogP contribution in [0, 0.1) is 0 Å². The van der Waals surface area contributed by atoms with Gasteiger partial charge in [-0.15, -0.1) is 0 Å². The fourth-order valence-corrected chi connectivity index (χ4v) is 8.74. The van der Waals surface area contributed by atoms with E-state index >= 15 is 0 Å². The minimum absolute atomic E-state index is 0.0773. The summed E-state index contributed by atoms with van der Waals surface area (Å²) in [5.74, 6) is -0.878. The lowest BCUT2D eigenvalue weighted by molar-refractivity contribution is -0.167. The Bertz CT molecular complexity index is 1400. The summed E-state index contributed by atoms with van der Waals surface area (Å²) >= 11 is 0. The highest BCUT2D eigenvalue weighted by Gasteiger charge is 2.19. The molecule has 0 N–H and O–H groups in total.